The van der Waals surface area contributed by atoms with Crippen molar-refractivity contribution in [3.8, 4) is 11.5 Å². The van der Waals surface area contributed by atoms with E-state index in [4.69, 9.17) is 9.47 Å². The average Bonchev–Trinajstić information content (AvgIpc) is 3.46. The van der Waals surface area contributed by atoms with Gasteiger partial charge in [-0.2, -0.15) is 0 Å². The molecule has 140 valence electrons. The zero-order valence-electron chi connectivity index (χ0n) is 15.0. The van der Waals surface area contributed by atoms with Gasteiger partial charge in [0.2, 0.25) is 11.8 Å². The highest BCUT2D eigenvalue weighted by Gasteiger charge is 2.48. The van der Waals surface area contributed by atoms with Crippen LogP contribution in [-0.4, -0.2) is 31.1 Å². The van der Waals surface area contributed by atoms with Crippen LogP contribution in [0.5, 0.6) is 11.5 Å². The van der Waals surface area contributed by atoms with Crippen LogP contribution in [0.3, 0.4) is 0 Å². The second-order valence-corrected chi connectivity index (χ2v) is 7.49. The van der Waals surface area contributed by atoms with Crippen LogP contribution in [0.1, 0.15) is 44.9 Å². The van der Waals surface area contributed by atoms with E-state index in [2.05, 4.69) is 10.6 Å². The first-order chi connectivity index (χ1) is 12.7. The standard InChI is InChI=1S/C20H26N2O4/c23-19(21-13-5-3-1-2-4-6-13)15-12-16(15)20(24)22-14-7-8-17-18(11-14)26-10-9-25-17/h7-8,11,13,15-16H,1-6,9-10,12H2,(H,21,23)(H,22,24). The molecule has 4 rings (SSSR count). The van der Waals surface area contributed by atoms with Crippen LogP contribution in [-0.2, 0) is 9.59 Å². The number of amides is 2. The topological polar surface area (TPSA) is 76.7 Å². The van der Waals surface area contributed by atoms with Crippen molar-refractivity contribution in [1.29, 1.82) is 0 Å². The summed E-state index contributed by atoms with van der Waals surface area (Å²) in [6.07, 6.45) is 7.65. The Balaban J connectivity index is 1.29. The normalized spacial score (nSPS) is 25.1. The van der Waals surface area contributed by atoms with Gasteiger partial charge in [0, 0.05) is 17.8 Å². The number of carbonyl (C=O) groups excluding carboxylic acids is 2. The molecule has 1 heterocycles. The molecule has 0 bridgehead atoms. The maximum Gasteiger partial charge on any atom is 0.228 e. The van der Waals surface area contributed by atoms with Crippen molar-refractivity contribution < 1.29 is 19.1 Å². The predicted molar refractivity (Wildman–Crippen MR) is 97.3 cm³/mol. The lowest BCUT2D eigenvalue weighted by molar-refractivity contribution is -0.125. The molecule has 2 N–H and O–H groups in total. The Morgan fingerprint density at radius 1 is 0.885 bits per heavy atom. The Labute approximate surface area is 153 Å². The van der Waals surface area contributed by atoms with Gasteiger partial charge in [-0.25, -0.2) is 0 Å². The number of hydrogen-bond acceptors (Lipinski definition) is 4. The molecule has 2 saturated carbocycles. The maximum absolute atomic E-state index is 12.4. The van der Waals surface area contributed by atoms with Gasteiger partial charge in [0.25, 0.3) is 0 Å². The quantitative estimate of drug-likeness (QED) is 0.812. The van der Waals surface area contributed by atoms with Crippen LogP contribution < -0.4 is 20.1 Å². The molecule has 2 amide bonds. The first-order valence-electron chi connectivity index (χ1n) is 9.71. The Morgan fingerprint density at radius 3 is 2.35 bits per heavy atom. The fourth-order valence-corrected chi connectivity index (χ4v) is 3.86. The van der Waals surface area contributed by atoms with Crippen molar-refractivity contribution in [2.45, 2.75) is 51.0 Å². The van der Waals surface area contributed by atoms with Gasteiger partial charge in [-0.15, -0.1) is 0 Å². The summed E-state index contributed by atoms with van der Waals surface area (Å²) in [6.45, 7) is 1.05. The lowest BCUT2D eigenvalue weighted by Gasteiger charge is -2.19. The van der Waals surface area contributed by atoms with Crippen molar-refractivity contribution in [1.82, 2.24) is 5.32 Å². The molecule has 1 aliphatic heterocycles. The van der Waals surface area contributed by atoms with E-state index in [1.165, 1.54) is 25.7 Å². The summed E-state index contributed by atoms with van der Waals surface area (Å²) in [6, 6.07) is 5.66. The Kier molecular flexibility index (Phi) is 5.00. The molecule has 0 aromatic heterocycles. The van der Waals surface area contributed by atoms with Crippen LogP contribution >= 0.6 is 0 Å². The van der Waals surface area contributed by atoms with Gasteiger partial charge in [-0.3, -0.25) is 9.59 Å². The number of hydrogen-bond donors (Lipinski definition) is 2. The van der Waals surface area contributed by atoms with Gasteiger partial charge in [-0.05, 0) is 31.4 Å². The highest BCUT2D eigenvalue weighted by Crippen LogP contribution is 2.40. The summed E-state index contributed by atoms with van der Waals surface area (Å²) in [4.78, 5) is 24.9. The summed E-state index contributed by atoms with van der Waals surface area (Å²) in [5.74, 6) is 0.875. The van der Waals surface area contributed by atoms with Gasteiger partial charge in [0.05, 0.1) is 11.8 Å². The monoisotopic (exact) mass is 358 g/mol. The molecule has 3 aliphatic rings. The average molecular weight is 358 g/mol. The Morgan fingerprint density at radius 2 is 1.58 bits per heavy atom. The van der Waals surface area contributed by atoms with E-state index in [0.29, 0.717) is 36.8 Å². The van der Waals surface area contributed by atoms with Gasteiger partial charge in [0.15, 0.2) is 11.5 Å². The molecule has 0 saturated heterocycles. The van der Waals surface area contributed by atoms with Crippen molar-refractivity contribution in [2.24, 2.45) is 11.8 Å². The number of anilines is 1. The van der Waals surface area contributed by atoms with Crippen LogP contribution in [0, 0.1) is 11.8 Å². The second kappa shape index (κ2) is 7.56. The number of carbonyl (C=O) groups is 2. The summed E-state index contributed by atoms with van der Waals surface area (Å²) in [5.41, 5.74) is 0.675. The second-order valence-electron chi connectivity index (χ2n) is 7.49. The van der Waals surface area contributed by atoms with Gasteiger partial charge in [0.1, 0.15) is 13.2 Å². The Hall–Kier alpha value is -2.24. The lowest BCUT2D eigenvalue weighted by Crippen LogP contribution is -2.36. The van der Waals surface area contributed by atoms with Crippen molar-refractivity contribution >= 4 is 17.5 Å². The van der Waals surface area contributed by atoms with Crippen LogP contribution in [0.4, 0.5) is 5.69 Å². The molecule has 2 aliphatic carbocycles. The molecule has 1 aromatic carbocycles. The number of fused-ring (bicyclic) bond motifs is 1. The van der Waals surface area contributed by atoms with Crippen LogP contribution in [0.15, 0.2) is 18.2 Å². The fraction of sp³-hybridized carbons (Fsp3) is 0.600. The summed E-state index contributed by atoms with van der Waals surface area (Å²) >= 11 is 0. The van der Waals surface area contributed by atoms with Crippen molar-refractivity contribution in [3.05, 3.63) is 18.2 Å². The third-order valence-corrected chi connectivity index (χ3v) is 5.48. The molecule has 2 unspecified atom stereocenters. The maximum atomic E-state index is 12.4. The molecule has 0 spiro atoms. The molecule has 2 fully saturated rings. The number of benzene rings is 1. The molecular weight excluding hydrogens is 332 g/mol. The minimum absolute atomic E-state index is 0.0409. The molecule has 26 heavy (non-hydrogen) atoms. The lowest BCUT2D eigenvalue weighted by atomic mass is 10.1. The minimum Gasteiger partial charge on any atom is -0.486 e. The van der Waals surface area contributed by atoms with Crippen molar-refractivity contribution in [3.63, 3.8) is 0 Å². The van der Waals surface area contributed by atoms with E-state index in [9.17, 15) is 9.59 Å². The SMILES string of the molecule is O=C(Nc1ccc2c(c1)OCCO2)C1CC1C(=O)NC1CCCCCC1. The molecule has 2 atom stereocenters. The van der Waals surface area contributed by atoms with E-state index < -0.39 is 0 Å². The number of nitrogens with one attached hydrogen (secondary N) is 2. The Bertz CT molecular complexity index is 682. The van der Waals surface area contributed by atoms with Gasteiger partial charge in [-0.1, -0.05) is 25.7 Å². The van der Waals surface area contributed by atoms with Crippen LogP contribution in [0.2, 0.25) is 0 Å². The zero-order chi connectivity index (χ0) is 17.9. The predicted octanol–water partition coefficient (Wildman–Crippen LogP) is 2.87. The van der Waals surface area contributed by atoms with E-state index in [0.717, 1.165) is 12.8 Å². The highest BCUT2D eigenvalue weighted by molar-refractivity contribution is 5.99. The minimum atomic E-state index is -0.228. The molecule has 6 nitrogen and oxygen atoms in total. The molecule has 1 aromatic rings. The fourth-order valence-electron chi connectivity index (χ4n) is 3.86. The summed E-state index contributed by atoms with van der Waals surface area (Å²) in [5, 5.41) is 6.05. The zero-order valence-corrected chi connectivity index (χ0v) is 15.0. The number of rotatable bonds is 4. The van der Waals surface area contributed by atoms with Crippen LogP contribution in [0.25, 0.3) is 0 Å². The smallest absolute Gasteiger partial charge is 0.228 e. The largest absolute Gasteiger partial charge is 0.486 e. The summed E-state index contributed by atoms with van der Waals surface area (Å²) < 4.78 is 11.0. The highest BCUT2D eigenvalue weighted by atomic mass is 16.6. The first kappa shape index (κ1) is 17.2. The summed E-state index contributed by atoms with van der Waals surface area (Å²) in [7, 11) is 0. The van der Waals surface area contributed by atoms with E-state index in [1.54, 1.807) is 18.2 Å². The van der Waals surface area contributed by atoms with E-state index in [1.807, 2.05) is 0 Å². The molecular formula is C20H26N2O4. The third kappa shape index (κ3) is 3.94. The van der Waals surface area contributed by atoms with Crippen molar-refractivity contribution in [2.75, 3.05) is 18.5 Å². The first-order valence-corrected chi connectivity index (χ1v) is 9.71. The van der Waals surface area contributed by atoms with E-state index in [-0.39, 0.29) is 29.7 Å². The molecule has 6 heteroatoms. The van der Waals surface area contributed by atoms with Gasteiger partial charge >= 0.3 is 0 Å². The van der Waals surface area contributed by atoms with Gasteiger partial charge < -0.3 is 20.1 Å². The third-order valence-electron chi connectivity index (χ3n) is 5.48. The van der Waals surface area contributed by atoms with E-state index >= 15 is 0 Å². The number of ether oxygens (including phenoxy) is 2. The molecule has 0 radical (unpaired) electrons.